The monoisotopic (exact) mass is 284 g/mol. The molecular formula is C13H14ClFN2S. The first-order chi connectivity index (χ1) is 8.70. The normalized spacial score (nSPS) is 10.8. The molecule has 1 aromatic heterocycles. The molecule has 1 aromatic carbocycles. The second kappa shape index (κ2) is 6.27. The third-order valence-corrected chi connectivity index (χ3v) is 3.59. The Kier molecular flexibility index (Phi) is 4.69. The smallest absolute Gasteiger partial charge is 0.124 e. The van der Waals surface area contributed by atoms with E-state index in [0.717, 1.165) is 35.6 Å². The molecule has 0 saturated carbocycles. The van der Waals surface area contributed by atoms with Crippen molar-refractivity contribution >= 4 is 23.1 Å². The Bertz CT molecular complexity index is 527. The van der Waals surface area contributed by atoms with E-state index in [2.05, 4.69) is 16.6 Å². The molecule has 0 aliphatic carbocycles. The molecule has 0 spiro atoms. The Morgan fingerprint density at radius 2 is 2.22 bits per heavy atom. The van der Waals surface area contributed by atoms with Gasteiger partial charge in [-0.15, -0.1) is 0 Å². The molecule has 0 fully saturated rings. The van der Waals surface area contributed by atoms with Gasteiger partial charge in [-0.1, -0.05) is 18.5 Å². The third kappa shape index (κ3) is 3.28. The fourth-order valence-electron chi connectivity index (χ4n) is 1.61. The summed E-state index contributed by atoms with van der Waals surface area (Å²) >= 11 is 7.45. The summed E-state index contributed by atoms with van der Waals surface area (Å²) in [6.45, 7) is 3.93. The van der Waals surface area contributed by atoms with E-state index < -0.39 is 0 Å². The van der Waals surface area contributed by atoms with Gasteiger partial charge in [-0.2, -0.15) is 4.37 Å². The number of hydrogen-bond donors (Lipinski definition) is 1. The summed E-state index contributed by atoms with van der Waals surface area (Å²) in [5.74, 6) is -0.330. The van der Waals surface area contributed by atoms with Gasteiger partial charge in [0, 0.05) is 17.0 Å². The molecule has 0 unspecified atom stereocenters. The number of halogens is 2. The van der Waals surface area contributed by atoms with E-state index in [0.29, 0.717) is 5.02 Å². The predicted molar refractivity (Wildman–Crippen MR) is 74.5 cm³/mol. The molecule has 1 heterocycles. The number of benzene rings is 1. The lowest BCUT2D eigenvalue weighted by atomic mass is 10.1. The first-order valence-electron chi connectivity index (χ1n) is 5.82. The Morgan fingerprint density at radius 3 is 2.94 bits per heavy atom. The molecule has 5 heteroatoms. The number of hydrogen-bond acceptors (Lipinski definition) is 3. The number of rotatable bonds is 5. The van der Waals surface area contributed by atoms with E-state index in [9.17, 15) is 4.39 Å². The van der Waals surface area contributed by atoms with Gasteiger partial charge < -0.3 is 5.32 Å². The van der Waals surface area contributed by atoms with Crippen molar-refractivity contribution in [3.8, 4) is 11.3 Å². The van der Waals surface area contributed by atoms with E-state index in [1.54, 1.807) is 6.07 Å². The van der Waals surface area contributed by atoms with Crippen LogP contribution in [0.25, 0.3) is 11.3 Å². The second-order valence-electron chi connectivity index (χ2n) is 3.98. The Balaban J connectivity index is 2.13. The maximum absolute atomic E-state index is 13.0. The van der Waals surface area contributed by atoms with E-state index in [1.165, 1.54) is 23.7 Å². The van der Waals surface area contributed by atoms with Crippen molar-refractivity contribution in [3.05, 3.63) is 40.0 Å². The highest BCUT2D eigenvalue weighted by molar-refractivity contribution is 7.06. The first-order valence-corrected chi connectivity index (χ1v) is 6.97. The predicted octanol–water partition coefficient (Wildman–Crippen LogP) is 4.10. The minimum Gasteiger partial charge on any atom is -0.312 e. The van der Waals surface area contributed by atoms with Gasteiger partial charge >= 0.3 is 0 Å². The first kappa shape index (κ1) is 13.5. The lowest BCUT2D eigenvalue weighted by Gasteiger charge is -2.00. The zero-order valence-electron chi connectivity index (χ0n) is 10.0. The molecule has 0 bridgehead atoms. The Hall–Kier alpha value is -0.970. The van der Waals surface area contributed by atoms with Gasteiger partial charge in [-0.3, -0.25) is 0 Å². The van der Waals surface area contributed by atoms with Gasteiger partial charge in [0.2, 0.25) is 0 Å². The highest BCUT2D eigenvalue weighted by Crippen LogP contribution is 2.29. The summed E-state index contributed by atoms with van der Waals surface area (Å²) in [6.07, 6.45) is 1.11. The van der Waals surface area contributed by atoms with Gasteiger partial charge in [0.15, 0.2) is 0 Å². The maximum atomic E-state index is 13.0. The average molecular weight is 285 g/mol. The zero-order valence-corrected chi connectivity index (χ0v) is 11.6. The van der Waals surface area contributed by atoms with Crippen LogP contribution in [-0.4, -0.2) is 10.9 Å². The maximum Gasteiger partial charge on any atom is 0.124 e. The number of nitrogens with one attached hydrogen (secondary N) is 1. The summed E-state index contributed by atoms with van der Waals surface area (Å²) in [7, 11) is 0. The van der Waals surface area contributed by atoms with Gasteiger partial charge in [0.05, 0.1) is 10.7 Å². The van der Waals surface area contributed by atoms with E-state index in [-0.39, 0.29) is 5.82 Å². The van der Waals surface area contributed by atoms with Gasteiger partial charge in [0.1, 0.15) is 5.82 Å². The van der Waals surface area contributed by atoms with E-state index in [1.807, 2.05) is 6.07 Å². The summed E-state index contributed by atoms with van der Waals surface area (Å²) in [4.78, 5) is 1.15. The van der Waals surface area contributed by atoms with Crippen molar-refractivity contribution in [3.63, 3.8) is 0 Å². The minimum absolute atomic E-state index is 0.330. The van der Waals surface area contributed by atoms with Crippen LogP contribution in [0.1, 0.15) is 18.2 Å². The molecule has 0 radical (unpaired) electrons. The molecule has 2 rings (SSSR count). The fourth-order valence-corrected chi connectivity index (χ4v) is 2.57. The molecule has 0 amide bonds. The van der Waals surface area contributed by atoms with Gasteiger partial charge in [0.25, 0.3) is 0 Å². The van der Waals surface area contributed by atoms with Crippen LogP contribution in [0.3, 0.4) is 0 Å². The topological polar surface area (TPSA) is 24.9 Å². The minimum atomic E-state index is -0.330. The highest BCUT2D eigenvalue weighted by Gasteiger charge is 2.09. The van der Waals surface area contributed by atoms with Crippen LogP contribution < -0.4 is 5.32 Å². The Morgan fingerprint density at radius 1 is 1.39 bits per heavy atom. The summed E-state index contributed by atoms with van der Waals surface area (Å²) < 4.78 is 17.3. The lowest BCUT2D eigenvalue weighted by Crippen LogP contribution is -2.12. The van der Waals surface area contributed by atoms with Crippen molar-refractivity contribution in [2.45, 2.75) is 19.9 Å². The van der Waals surface area contributed by atoms with Crippen LogP contribution in [0.5, 0.6) is 0 Å². The molecule has 2 aromatic rings. The largest absolute Gasteiger partial charge is 0.312 e. The van der Waals surface area contributed by atoms with Crippen molar-refractivity contribution in [1.29, 1.82) is 0 Å². The van der Waals surface area contributed by atoms with Crippen LogP contribution in [-0.2, 0) is 6.54 Å². The molecule has 0 aliphatic rings. The molecule has 0 saturated heterocycles. The lowest BCUT2D eigenvalue weighted by molar-refractivity contribution is 0.628. The Labute approximate surface area is 115 Å². The second-order valence-corrected chi connectivity index (χ2v) is 5.28. The summed E-state index contributed by atoms with van der Waals surface area (Å²) in [6, 6.07) is 6.36. The molecule has 18 heavy (non-hydrogen) atoms. The van der Waals surface area contributed by atoms with Crippen molar-refractivity contribution in [1.82, 2.24) is 9.69 Å². The third-order valence-electron chi connectivity index (χ3n) is 2.49. The average Bonchev–Trinajstić information content (AvgIpc) is 2.78. The molecule has 0 atom stereocenters. The highest BCUT2D eigenvalue weighted by atomic mass is 35.5. The van der Waals surface area contributed by atoms with Crippen LogP contribution >= 0.6 is 23.1 Å². The fraction of sp³-hybridized carbons (Fsp3) is 0.308. The molecule has 96 valence electrons. The van der Waals surface area contributed by atoms with Crippen molar-refractivity contribution in [2.24, 2.45) is 0 Å². The SMILES string of the molecule is CCCNCc1cc(-c2ccc(F)cc2Cl)ns1. The van der Waals surface area contributed by atoms with Gasteiger partial charge in [-0.25, -0.2) is 4.39 Å². The summed E-state index contributed by atoms with van der Waals surface area (Å²) in [5, 5.41) is 3.71. The van der Waals surface area contributed by atoms with Crippen LogP contribution in [0.15, 0.2) is 24.3 Å². The molecule has 1 N–H and O–H groups in total. The number of nitrogens with zero attached hydrogens (tertiary/aromatic N) is 1. The van der Waals surface area contributed by atoms with Gasteiger partial charge in [-0.05, 0) is 48.8 Å². The van der Waals surface area contributed by atoms with E-state index in [4.69, 9.17) is 11.6 Å². The van der Waals surface area contributed by atoms with Crippen LogP contribution in [0.4, 0.5) is 4.39 Å². The quantitative estimate of drug-likeness (QED) is 0.836. The molecule has 2 nitrogen and oxygen atoms in total. The van der Waals surface area contributed by atoms with Crippen molar-refractivity contribution < 1.29 is 4.39 Å². The van der Waals surface area contributed by atoms with Crippen LogP contribution in [0.2, 0.25) is 5.02 Å². The van der Waals surface area contributed by atoms with Crippen molar-refractivity contribution in [2.75, 3.05) is 6.54 Å². The zero-order chi connectivity index (χ0) is 13.0. The number of aromatic nitrogens is 1. The van der Waals surface area contributed by atoms with Crippen LogP contribution in [0, 0.1) is 5.82 Å². The molecular weight excluding hydrogens is 271 g/mol. The standard InChI is InChI=1S/C13H14ClFN2S/c1-2-5-16-8-10-7-13(17-18-10)11-4-3-9(15)6-12(11)14/h3-4,6-7,16H,2,5,8H2,1H3. The summed E-state index contributed by atoms with van der Waals surface area (Å²) in [5.41, 5.74) is 1.58. The van der Waals surface area contributed by atoms with E-state index >= 15 is 0 Å². The molecule has 0 aliphatic heterocycles.